The van der Waals surface area contributed by atoms with E-state index in [2.05, 4.69) is 25.9 Å². The number of carbonyl (C=O) groups excluding carboxylic acids is 1. The van der Waals surface area contributed by atoms with Crippen molar-refractivity contribution >= 4 is 11.6 Å². The normalized spacial score (nSPS) is 10.1. The number of nitrogens with zero attached hydrogens (tertiary/aromatic N) is 3. The molecule has 0 aromatic carbocycles. The highest BCUT2D eigenvalue weighted by Crippen LogP contribution is 2.03. The number of hydrazine groups is 1. The van der Waals surface area contributed by atoms with Gasteiger partial charge in [-0.05, 0) is 12.1 Å². The van der Waals surface area contributed by atoms with Crippen molar-refractivity contribution in [1.82, 2.24) is 20.4 Å². The molecule has 0 bridgehead atoms. The van der Waals surface area contributed by atoms with Crippen LogP contribution in [-0.2, 0) is 6.42 Å². The van der Waals surface area contributed by atoms with Crippen molar-refractivity contribution in [3.8, 4) is 0 Å². The topological polar surface area (TPSA) is 119 Å². The molecular formula is C10H12N6O2. The third kappa shape index (κ3) is 3.01. The molecule has 8 heteroatoms. The van der Waals surface area contributed by atoms with Gasteiger partial charge in [0.05, 0.1) is 11.9 Å². The molecule has 2 heterocycles. The SMILES string of the molecule is NNc1ccc(C(=O)NCCc2ncno2)nc1. The third-order valence-electron chi connectivity index (χ3n) is 2.19. The van der Waals surface area contributed by atoms with Gasteiger partial charge in [-0.1, -0.05) is 5.16 Å². The number of nitrogen functional groups attached to an aromatic ring is 1. The fourth-order valence-corrected chi connectivity index (χ4v) is 1.29. The Balaban J connectivity index is 1.83. The van der Waals surface area contributed by atoms with Crippen LogP contribution in [0, 0.1) is 0 Å². The molecule has 0 radical (unpaired) electrons. The second kappa shape index (κ2) is 5.73. The van der Waals surface area contributed by atoms with Crippen molar-refractivity contribution < 1.29 is 9.32 Å². The van der Waals surface area contributed by atoms with Gasteiger partial charge in [0, 0.05) is 13.0 Å². The van der Waals surface area contributed by atoms with E-state index in [9.17, 15) is 4.79 Å². The van der Waals surface area contributed by atoms with Crippen molar-refractivity contribution in [2.24, 2.45) is 5.84 Å². The number of aromatic nitrogens is 3. The monoisotopic (exact) mass is 248 g/mol. The Morgan fingerprint density at radius 3 is 2.89 bits per heavy atom. The predicted molar refractivity (Wildman–Crippen MR) is 62.4 cm³/mol. The first kappa shape index (κ1) is 12.0. The minimum atomic E-state index is -0.266. The molecule has 0 saturated heterocycles. The smallest absolute Gasteiger partial charge is 0.269 e. The lowest BCUT2D eigenvalue weighted by atomic mass is 10.3. The van der Waals surface area contributed by atoms with Gasteiger partial charge in [-0.2, -0.15) is 4.98 Å². The van der Waals surface area contributed by atoms with Crippen molar-refractivity contribution in [2.75, 3.05) is 12.0 Å². The van der Waals surface area contributed by atoms with Gasteiger partial charge in [-0.25, -0.2) is 4.98 Å². The molecule has 18 heavy (non-hydrogen) atoms. The molecule has 0 atom stereocenters. The first-order valence-electron chi connectivity index (χ1n) is 5.26. The lowest BCUT2D eigenvalue weighted by molar-refractivity contribution is 0.0948. The molecule has 2 aromatic heterocycles. The highest BCUT2D eigenvalue weighted by atomic mass is 16.5. The van der Waals surface area contributed by atoms with Crippen LogP contribution in [0.1, 0.15) is 16.4 Å². The second-order valence-electron chi connectivity index (χ2n) is 3.42. The van der Waals surface area contributed by atoms with E-state index in [4.69, 9.17) is 10.4 Å². The van der Waals surface area contributed by atoms with Gasteiger partial charge >= 0.3 is 0 Å². The molecule has 0 saturated carbocycles. The molecular weight excluding hydrogens is 236 g/mol. The predicted octanol–water partition coefficient (Wildman–Crippen LogP) is -0.277. The Labute approximate surface area is 103 Å². The highest BCUT2D eigenvalue weighted by molar-refractivity contribution is 5.92. The summed E-state index contributed by atoms with van der Waals surface area (Å²) in [5.74, 6) is 5.41. The summed E-state index contributed by atoms with van der Waals surface area (Å²) in [6.45, 7) is 0.402. The molecule has 0 unspecified atom stereocenters. The number of nitrogens with one attached hydrogen (secondary N) is 2. The van der Waals surface area contributed by atoms with Crippen LogP contribution in [0.2, 0.25) is 0 Å². The van der Waals surface area contributed by atoms with E-state index < -0.39 is 0 Å². The van der Waals surface area contributed by atoms with Crippen LogP contribution < -0.4 is 16.6 Å². The Morgan fingerprint density at radius 1 is 1.39 bits per heavy atom. The maximum atomic E-state index is 11.7. The Kier molecular flexibility index (Phi) is 3.82. The lowest BCUT2D eigenvalue weighted by Crippen LogP contribution is -2.26. The molecule has 94 valence electrons. The van der Waals surface area contributed by atoms with Crippen LogP contribution in [0.25, 0.3) is 0 Å². The highest BCUT2D eigenvalue weighted by Gasteiger charge is 2.07. The molecule has 0 fully saturated rings. The number of hydrogen-bond acceptors (Lipinski definition) is 7. The first-order valence-corrected chi connectivity index (χ1v) is 5.26. The number of rotatable bonds is 5. The fourth-order valence-electron chi connectivity index (χ4n) is 1.29. The molecule has 2 rings (SSSR count). The molecule has 4 N–H and O–H groups in total. The number of hydrogen-bond donors (Lipinski definition) is 3. The lowest BCUT2D eigenvalue weighted by Gasteiger charge is -2.03. The van der Waals surface area contributed by atoms with Crippen molar-refractivity contribution in [3.05, 3.63) is 36.2 Å². The first-order chi connectivity index (χ1) is 8.79. The molecule has 0 aliphatic rings. The number of carbonyl (C=O) groups is 1. The van der Waals surface area contributed by atoms with E-state index >= 15 is 0 Å². The van der Waals surface area contributed by atoms with E-state index in [1.165, 1.54) is 12.5 Å². The van der Waals surface area contributed by atoms with Gasteiger partial charge in [0.15, 0.2) is 6.33 Å². The van der Waals surface area contributed by atoms with Crippen LogP contribution in [-0.4, -0.2) is 27.6 Å². The summed E-state index contributed by atoms with van der Waals surface area (Å²) in [6, 6.07) is 3.25. The van der Waals surface area contributed by atoms with E-state index in [0.717, 1.165) is 0 Å². The second-order valence-corrected chi connectivity index (χ2v) is 3.42. The van der Waals surface area contributed by atoms with E-state index in [0.29, 0.717) is 30.2 Å². The Bertz CT molecular complexity index is 496. The molecule has 0 aliphatic heterocycles. The standard InChI is InChI=1S/C10H12N6O2/c11-16-7-1-2-8(13-5-7)10(17)12-4-3-9-14-6-15-18-9/h1-2,5-6,16H,3-4,11H2,(H,12,17). The largest absolute Gasteiger partial charge is 0.350 e. The Morgan fingerprint density at radius 2 is 2.28 bits per heavy atom. The fraction of sp³-hybridized carbons (Fsp3) is 0.200. The van der Waals surface area contributed by atoms with Crippen molar-refractivity contribution in [2.45, 2.75) is 6.42 Å². The van der Waals surface area contributed by atoms with Crippen LogP contribution in [0.15, 0.2) is 29.2 Å². The summed E-state index contributed by atoms with van der Waals surface area (Å²) < 4.78 is 4.80. The maximum absolute atomic E-state index is 11.7. The zero-order valence-electron chi connectivity index (χ0n) is 9.46. The van der Waals surface area contributed by atoms with Crippen molar-refractivity contribution in [3.63, 3.8) is 0 Å². The number of pyridine rings is 1. The average Bonchev–Trinajstić information content (AvgIpc) is 2.92. The van der Waals surface area contributed by atoms with Crippen LogP contribution >= 0.6 is 0 Å². The van der Waals surface area contributed by atoms with Gasteiger partial charge in [-0.3, -0.25) is 10.6 Å². The van der Waals surface area contributed by atoms with E-state index in [1.54, 1.807) is 12.1 Å². The number of anilines is 1. The van der Waals surface area contributed by atoms with E-state index in [1.807, 2.05) is 0 Å². The van der Waals surface area contributed by atoms with Gasteiger partial charge in [0.25, 0.3) is 5.91 Å². The van der Waals surface area contributed by atoms with Crippen LogP contribution in [0.3, 0.4) is 0 Å². The summed E-state index contributed by atoms with van der Waals surface area (Å²) in [5, 5.41) is 6.16. The average molecular weight is 248 g/mol. The van der Waals surface area contributed by atoms with Gasteiger partial charge in [-0.15, -0.1) is 0 Å². The molecule has 0 aliphatic carbocycles. The molecule has 8 nitrogen and oxygen atoms in total. The van der Waals surface area contributed by atoms with Crippen LogP contribution in [0.4, 0.5) is 5.69 Å². The van der Waals surface area contributed by atoms with E-state index in [-0.39, 0.29) is 5.91 Å². The van der Waals surface area contributed by atoms with Gasteiger partial charge in [0.1, 0.15) is 5.69 Å². The molecule has 0 spiro atoms. The maximum Gasteiger partial charge on any atom is 0.269 e. The Hall–Kier alpha value is -2.48. The molecule has 1 amide bonds. The van der Waals surface area contributed by atoms with Gasteiger partial charge < -0.3 is 15.3 Å². The number of amides is 1. The molecule has 2 aromatic rings. The summed E-state index contributed by atoms with van der Waals surface area (Å²) in [7, 11) is 0. The third-order valence-corrected chi connectivity index (χ3v) is 2.19. The zero-order chi connectivity index (χ0) is 12.8. The van der Waals surface area contributed by atoms with Crippen molar-refractivity contribution in [1.29, 1.82) is 0 Å². The summed E-state index contributed by atoms with van der Waals surface area (Å²) in [6.07, 6.45) is 3.28. The summed E-state index contributed by atoms with van der Waals surface area (Å²) in [4.78, 5) is 19.5. The quantitative estimate of drug-likeness (QED) is 0.492. The number of nitrogens with two attached hydrogens (primary N) is 1. The minimum absolute atomic E-state index is 0.266. The minimum Gasteiger partial charge on any atom is -0.350 e. The summed E-state index contributed by atoms with van der Waals surface area (Å²) in [5.41, 5.74) is 3.39. The summed E-state index contributed by atoms with van der Waals surface area (Å²) >= 11 is 0. The zero-order valence-corrected chi connectivity index (χ0v) is 9.46. The van der Waals surface area contributed by atoms with Gasteiger partial charge in [0.2, 0.25) is 5.89 Å². The van der Waals surface area contributed by atoms with Crippen LogP contribution in [0.5, 0.6) is 0 Å².